The van der Waals surface area contributed by atoms with Crippen molar-refractivity contribution < 1.29 is 4.79 Å². The van der Waals surface area contributed by atoms with Gasteiger partial charge in [0.2, 0.25) is 0 Å². The second kappa shape index (κ2) is 7.45. The van der Waals surface area contributed by atoms with E-state index in [1.807, 2.05) is 66.1 Å². The van der Waals surface area contributed by atoms with Gasteiger partial charge in [-0.1, -0.05) is 61.2 Å². The molecule has 0 bridgehead atoms. The van der Waals surface area contributed by atoms with Gasteiger partial charge in [-0.2, -0.15) is 0 Å². The topological polar surface area (TPSA) is 47.8 Å². The molecule has 1 atom stereocenters. The fourth-order valence-electron chi connectivity index (χ4n) is 2.42. The molecule has 0 amide bonds. The molecule has 0 fully saturated rings. The van der Waals surface area contributed by atoms with Crippen LogP contribution in [0.2, 0.25) is 0 Å². The molecular weight excluding hydrogens is 318 g/mol. The summed E-state index contributed by atoms with van der Waals surface area (Å²) in [5, 5.41) is 8.63. The van der Waals surface area contributed by atoms with Crippen molar-refractivity contribution in [2.75, 3.05) is 0 Å². The van der Waals surface area contributed by atoms with Crippen LogP contribution in [0.1, 0.15) is 29.8 Å². The molecule has 2 aromatic carbocycles. The molecule has 3 rings (SSSR count). The number of carbonyl (C=O) groups is 1. The summed E-state index contributed by atoms with van der Waals surface area (Å²) in [7, 11) is 0. The molecule has 5 heteroatoms. The van der Waals surface area contributed by atoms with Gasteiger partial charge >= 0.3 is 0 Å². The van der Waals surface area contributed by atoms with Gasteiger partial charge in [-0.05, 0) is 31.0 Å². The van der Waals surface area contributed by atoms with Gasteiger partial charge in [0.25, 0.3) is 0 Å². The number of aryl methyl sites for hydroxylation is 1. The third-order valence-corrected chi connectivity index (χ3v) is 4.91. The maximum atomic E-state index is 12.6. The van der Waals surface area contributed by atoms with E-state index in [1.165, 1.54) is 17.3 Å². The number of Topliss-reactive ketones (excluding diaryl/α,β-unsaturated/α-hetero) is 1. The molecule has 0 aliphatic rings. The van der Waals surface area contributed by atoms with Crippen LogP contribution in [0.5, 0.6) is 0 Å². The zero-order chi connectivity index (χ0) is 16.9. The monoisotopic (exact) mass is 337 g/mol. The van der Waals surface area contributed by atoms with E-state index in [0.717, 1.165) is 17.7 Å². The van der Waals surface area contributed by atoms with Crippen molar-refractivity contribution in [3.63, 3.8) is 0 Å². The van der Waals surface area contributed by atoms with Crippen LogP contribution in [-0.4, -0.2) is 25.8 Å². The van der Waals surface area contributed by atoms with Crippen molar-refractivity contribution in [2.24, 2.45) is 0 Å². The fraction of sp³-hybridized carbons (Fsp3) is 0.211. The van der Waals surface area contributed by atoms with Crippen LogP contribution < -0.4 is 0 Å². The van der Waals surface area contributed by atoms with E-state index in [1.54, 1.807) is 6.33 Å². The standard InChI is InChI=1S/C19H19N3OS/c1-3-15-9-11-16(12-10-15)18(23)14(2)24-19-21-20-13-22(19)17-7-5-4-6-8-17/h4-14H,3H2,1-2H3/t14-/m0/s1. The molecule has 3 aromatic rings. The Balaban J connectivity index is 1.76. The summed E-state index contributed by atoms with van der Waals surface area (Å²) >= 11 is 1.42. The molecule has 0 aliphatic heterocycles. The lowest BCUT2D eigenvalue weighted by Crippen LogP contribution is -2.14. The molecule has 0 N–H and O–H groups in total. The summed E-state index contributed by atoms with van der Waals surface area (Å²) < 4.78 is 1.90. The van der Waals surface area contributed by atoms with Gasteiger partial charge in [-0.25, -0.2) is 0 Å². The maximum absolute atomic E-state index is 12.6. The van der Waals surface area contributed by atoms with E-state index >= 15 is 0 Å². The average Bonchev–Trinajstić information content (AvgIpc) is 3.10. The van der Waals surface area contributed by atoms with Gasteiger partial charge < -0.3 is 0 Å². The van der Waals surface area contributed by atoms with Crippen molar-refractivity contribution in [2.45, 2.75) is 30.7 Å². The molecule has 1 heterocycles. The average molecular weight is 337 g/mol. The second-order valence-corrected chi connectivity index (χ2v) is 6.80. The summed E-state index contributed by atoms with van der Waals surface area (Å²) in [6.07, 6.45) is 2.64. The molecular formula is C19H19N3OS. The highest BCUT2D eigenvalue weighted by Crippen LogP contribution is 2.26. The van der Waals surface area contributed by atoms with Crippen molar-refractivity contribution in [3.8, 4) is 5.69 Å². The molecule has 0 aliphatic carbocycles. The van der Waals surface area contributed by atoms with Gasteiger partial charge in [0.05, 0.1) is 5.25 Å². The Morgan fingerprint density at radius 3 is 2.50 bits per heavy atom. The number of nitrogens with zero attached hydrogens (tertiary/aromatic N) is 3. The van der Waals surface area contributed by atoms with Crippen LogP contribution in [-0.2, 0) is 6.42 Å². The fourth-order valence-corrected chi connectivity index (χ4v) is 3.34. The predicted octanol–water partition coefficient (Wildman–Crippen LogP) is 4.19. The van der Waals surface area contributed by atoms with Gasteiger partial charge in [0, 0.05) is 11.3 Å². The van der Waals surface area contributed by atoms with Gasteiger partial charge in [0.1, 0.15) is 6.33 Å². The lowest BCUT2D eigenvalue weighted by Gasteiger charge is -2.11. The Kier molecular flexibility index (Phi) is 5.11. The first-order valence-electron chi connectivity index (χ1n) is 7.94. The zero-order valence-electron chi connectivity index (χ0n) is 13.7. The first kappa shape index (κ1) is 16.5. The highest BCUT2D eigenvalue weighted by molar-refractivity contribution is 8.00. The molecule has 0 saturated carbocycles. The van der Waals surface area contributed by atoms with Gasteiger partial charge in [-0.15, -0.1) is 10.2 Å². The maximum Gasteiger partial charge on any atom is 0.196 e. The quantitative estimate of drug-likeness (QED) is 0.500. The number of para-hydroxylation sites is 1. The minimum absolute atomic E-state index is 0.102. The van der Waals surface area contributed by atoms with Gasteiger partial charge in [-0.3, -0.25) is 9.36 Å². The van der Waals surface area contributed by atoms with E-state index in [0.29, 0.717) is 5.16 Å². The van der Waals surface area contributed by atoms with E-state index in [-0.39, 0.29) is 11.0 Å². The van der Waals surface area contributed by atoms with E-state index in [4.69, 9.17) is 0 Å². The summed E-state index contributed by atoms with van der Waals surface area (Å²) in [6.45, 7) is 4.01. The third-order valence-electron chi connectivity index (χ3n) is 3.85. The van der Waals surface area contributed by atoms with Crippen LogP contribution in [0, 0.1) is 0 Å². The smallest absolute Gasteiger partial charge is 0.196 e. The van der Waals surface area contributed by atoms with Crippen LogP contribution >= 0.6 is 11.8 Å². The van der Waals surface area contributed by atoms with Crippen molar-refractivity contribution in [1.29, 1.82) is 0 Å². The number of hydrogen-bond acceptors (Lipinski definition) is 4. The van der Waals surface area contributed by atoms with E-state index in [9.17, 15) is 4.79 Å². The number of ketones is 1. The predicted molar refractivity (Wildman–Crippen MR) is 96.8 cm³/mol. The molecule has 0 unspecified atom stereocenters. The Bertz CT molecular complexity index is 812. The number of benzene rings is 2. The molecule has 0 spiro atoms. The molecule has 4 nitrogen and oxygen atoms in total. The number of rotatable bonds is 6. The van der Waals surface area contributed by atoms with Crippen LogP contribution in [0.15, 0.2) is 66.1 Å². The number of hydrogen-bond donors (Lipinski definition) is 0. The normalized spacial score (nSPS) is 12.1. The molecule has 24 heavy (non-hydrogen) atoms. The van der Waals surface area contributed by atoms with Gasteiger partial charge in [0.15, 0.2) is 10.9 Å². The SMILES string of the molecule is CCc1ccc(C(=O)[C@H](C)Sc2nncn2-c2ccccc2)cc1. The van der Waals surface area contributed by atoms with E-state index in [2.05, 4.69) is 17.1 Å². The van der Waals surface area contributed by atoms with Crippen LogP contribution in [0.4, 0.5) is 0 Å². The second-order valence-electron chi connectivity index (χ2n) is 5.49. The van der Waals surface area contributed by atoms with Crippen LogP contribution in [0.25, 0.3) is 5.69 Å². The summed E-state index contributed by atoms with van der Waals surface area (Å²) in [5.41, 5.74) is 2.95. The largest absolute Gasteiger partial charge is 0.293 e. The Morgan fingerprint density at radius 1 is 1.12 bits per heavy atom. The lowest BCUT2D eigenvalue weighted by molar-refractivity contribution is 0.0994. The third kappa shape index (κ3) is 3.57. The number of aromatic nitrogens is 3. The first-order chi connectivity index (χ1) is 11.7. The Hall–Kier alpha value is -2.40. The molecule has 0 radical (unpaired) electrons. The number of carbonyl (C=O) groups excluding carboxylic acids is 1. The van der Waals surface area contributed by atoms with Crippen molar-refractivity contribution in [3.05, 3.63) is 72.1 Å². The minimum atomic E-state index is -0.232. The highest BCUT2D eigenvalue weighted by Gasteiger charge is 2.19. The first-order valence-corrected chi connectivity index (χ1v) is 8.82. The van der Waals surface area contributed by atoms with Crippen molar-refractivity contribution in [1.82, 2.24) is 14.8 Å². The Morgan fingerprint density at radius 2 is 1.83 bits per heavy atom. The molecule has 1 aromatic heterocycles. The lowest BCUT2D eigenvalue weighted by atomic mass is 10.1. The highest BCUT2D eigenvalue weighted by atomic mass is 32.2. The molecule has 0 saturated heterocycles. The summed E-state index contributed by atoms with van der Waals surface area (Å²) in [4.78, 5) is 12.6. The Labute approximate surface area is 145 Å². The summed E-state index contributed by atoms with van der Waals surface area (Å²) in [5.74, 6) is 0.102. The van der Waals surface area contributed by atoms with Crippen molar-refractivity contribution >= 4 is 17.5 Å². The van der Waals surface area contributed by atoms with E-state index < -0.39 is 0 Å². The minimum Gasteiger partial charge on any atom is -0.293 e. The zero-order valence-corrected chi connectivity index (χ0v) is 14.5. The summed E-state index contributed by atoms with van der Waals surface area (Å²) in [6, 6.07) is 17.7. The van der Waals surface area contributed by atoms with Crippen LogP contribution in [0.3, 0.4) is 0 Å². The molecule has 122 valence electrons. The number of thioether (sulfide) groups is 1.